The van der Waals surface area contributed by atoms with Crippen molar-refractivity contribution >= 4 is 33.1 Å². The summed E-state index contributed by atoms with van der Waals surface area (Å²) in [5.41, 5.74) is 6.06. The van der Waals surface area contributed by atoms with E-state index in [9.17, 15) is 18.0 Å². The van der Waals surface area contributed by atoms with Crippen molar-refractivity contribution < 1.29 is 18.0 Å². The molecule has 2 aromatic rings. The summed E-state index contributed by atoms with van der Waals surface area (Å²) in [6.45, 7) is -0.415. The highest BCUT2D eigenvalue weighted by Gasteiger charge is 2.29. The average Bonchev–Trinajstić information content (AvgIpc) is 2.72. The first-order valence-corrected chi connectivity index (χ1v) is 6.43. The van der Waals surface area contributed by atoms with E-state index in [1.54, 1.807) is 6.07 Å². The van der Waals surface area contributed by atoms with Crippen molar-refractivity contribution in [2.24, 2.45) is 0 Å². The molecule has 2 aromatic heterocycles. The van der Waals surface area contributed by atoms with Crippen LogP contribution in [0.1, 0.15) is 16.1 Å². The maximum absolute atomic E-state index is 12.2. The number of carbonyl (C=O) groups is 1. The molecule has 0 radical (unpaired) electrons. The summed E-state index contributed by atoms with van der Waals surface area (Å²) in [7, 11) is 1.31. The molecular weight excluding hydrogens is 293 g/mol. The highest BCUT2D eigenvalue weighted by molar-refractivity contribution is 7.21. The van der Waals surface area contributed by atoms with Gasteiger partial charge in [-0.05, 0) is 6.07 Å². The molecule has 0 atom stereocenters. The Labute approximate surface area is 116 Å². The number of hydrogen-bond donors (Lipinski definition) is 1. The third kappa shape index (κ3) is 2.98. The first-order chi connectivity index (χ1) is 9.29. The number of hydrogen-bond acceptors (Lipinski definition) is 5. The summed E-state index contributed by atoms with van der Waals surface area (Å²) in [5, 5.41) is 8.08. The Morgan fingerprint density at radius 3 is 2.80 bits per heavy atom. The largest absolute Gasteiger partial charge is 0.397 e. The lowest BCUT2D eigenvalue weighted by molar-refractivity contribution is -0.136. The van der Waals surface area contributed by atoms with E-state index >= 15 is 0 Å². The lowest BCUT2D eigenvalue weighted by atomic mass is 10.2. The zero-order valence-electron chi connectivity index (χ0n) is 10.4. The number of nitrogens with two attached hydrogens (primary N) is 1. The lowest BCUT2D eigenvalue weighted by Crippen LogP contribution is -2.30. The van der Waals surface area contributed by atoms with Crippen LogP contribution in [0.2, 0.25) is 0 Å². The SMILES string of the molecule is CN(CCC(F)(F)F)C(=O)c1sc2nnccc2c1N. The number of amides is 1. The van der Waals surface area contributed by atoms with Crippen LogP contribution in [0, 0.1) is 0 Å². The van der Waals surface area contributed by atoms with Crippen LogP contribution in [-0.4, -0.2) is 40.8 Å². The van der Waals surface area contributed by atoms with E-state index in [4.69, 9.17) is 5.73 Å². The Hall–Kier alpha value is -1.90. The molecule has 9 heteroatoms. The van der Waals surface area contributed by atoms with Crippen LogP contribution in [0.3, 0.4) is 0 Å². The van der Waals surface area contributed by atoms with E-state index in [1.165, 1.54) is 13.2 Å². The smallest absolute Gasteiger partial charge is 0.390 e. The van der Waals surface area contributed by atoms with E-state index in [-0.39, 0.29) is 10.6 Å². The van der Waals surface area contributed by atoms with Gasteiger partial charge in [-0.1, -0.05) is 0 Å². The van der Waals surface area contributed by atoms with E-state index in [0.717, 1.165) is 16.2 Å². The third-order valence-electron chi connectivity index (χ3n) is 2.69. The Kier molecular flexibility index (Phi) is 3.80. The number of aromatic nitrogens is 2. The number of nitrogens with zero attached hydrogens (tertiary/aromatic N) is 3. The Morgan fingerprint density at radius 2 is 2.20 bits per heavy atom. The second-order valence-corrected chi connectivity index (χ2v) is 5.19. The molecule has 20 heavy (non-hydrogen) atoms. The minimum atomic E-state index is -4.30. The quantitative estimate of drug-likeness (QED) is 0.944. The van der Waals surface area contributed by atoms with Crippen LogP contribution in [0.15, 0.2) is 12.3 Å². The van der Waals surface area contributed by atoms with Gasteiger partial charge < -0.3 is 10.6 Å². The van der Waals surface area contributed by atoms with Crippen molar-refractivity contribution in [3.05, 3.63) is 17.1 Å². The molecule has 0 aliphatic rings. The number of thiophene rings is 1. The van der Waals surface area contributed by atoms with Gasteiger partial charge in [0.15, 0.2) is 0 Å². The zero-order chi connectivity index (χ0) is 14.9. The summed E-state index contributed by atoms with van der Waals surface area (Å²) >= 11 is 1.02. The first-order valence-electron chi connectivity index (χ1n) is 5.61. The van der Waals surface area contributed by atoms with Crippen molar-refractivity contribution in [2.75, 3.05) is 19.3 Å². The second kappa shape index (κ2) is 5.23. The standard InChI is InChI=1S/C11H11F3N4OS/c1-18(5-3-11(12,13)14)10(19)8-7(15)6-2-4-16-17-9(6)20-8/h2,4H,3,5,15H2,1H3. The first kappa shape index (κ1) is 14.5. The molecular formula is C11H11F3N4OS. The number of halogens is 3. The molecule has 108 valence electrons. The summed E-state index contributed by atoms with van der Waals surface area (Å²) in [5.74, 6) is -0.547. The molecule has 0 fully saturated rings. The number of fused-ring (bicyclic) bond motifs is 1. The fourth-order valence-corrected chi connectivity index (χ4v) is 2.63. The predicted octanol–water partition coefficient (Wildman–Crippen LogP) is 2.30. The zero-order valence-corrected chi connectivity index (χ0v) is 11.3. The summed E-state index contributed by atoms with van der Waals surface area (Å²) in [6, 6.07) is 1.61. The van der Waals surface area contributed by atoms with Crippen LogP contribution in [0.25, 0.3) is 10.2 Å². The number of nitrogen functional groups attached to an aromatic ring is 1. The van der Waals surface area contributed by atoms with Crippen molar-refractivity contribution in [1.82, 2.24) is 15.1 Å². The number of alkyl halides is 3. The van der Waals surface area contributed by atoms with Crippen LogP contribution in [-0.2, 0) is 0 Å². The normalized spacial score (nSPS) is 11.8. The van der Waals surface area contributed by atoms with Crippen molar-refractivity contribution in [1.29, 1.82) is 0 Å². The van der Waals surface area contributed by atoms with Crippen LogP contribution in [0.4, 0.5) is 18.9 Å². The van der Waals surface area contributed by atoms with Crippen LogP contribution < -0.4 is 5.73 Å². The van der Waals surface area contributed by atoms with E-state index in [1.807, 2.05) is 0 Å². The number of carbonyl (C=O) groups excluding carboxylic acids is 1. The van der Waals surface area contributed by atoms with Crippen LogP contribution in [0.5, 0.6) is 0 Å². The molecule has 0 aromatic carbocycles. The Morgan fingerprint density at radius 1 is 1.50 bits per heavy atom. The van der Waals surface area contributed by atoms with Gasteiger partial charge in [-0.3, -0.25) is 4.79 Å². The van der Waals surface area contributed by atoms with Crippen molar-refractivity contribution in [2.45, 2.75) is 12.6 Å². The topological polar surface area (TPSA) is 72.1 Å². The molecule has 5 nitrogen and oxygen atoms in total. The molecule has 0 bridgehead atoms. The molecule has 0 aliphatic carbocycles. The summed E-state index contributed by atoms with van der Waals surface area (Å²) in [6.07, 6.45) is -3.92. The Balaban J connectivity index is 2.21. The molecule has 0 aliphatic heterocycles. The van der Waals surface area contributed by atoms with Gasteiger partial charge in [-0.25, -0.2) is 0 Å². The molecule has 2 heterocycles. The van der Waals surface area contributed by atoms with Crippen LogP contribution >= 0.6 is 11.3 Å². The van der Waals surface area contributed by atoms with Gasteiger partial charge in [0, 0.05) is 19.0 Å². The molecule has 2 rings (SSSR count). The Bertz CT molecular complexity index is 640. The lowest BCUT2D eigenvalue weighted by Gasteiger charge is -2.17. The van der Waals surface area contributed by atoms with Crippen molar-refractivity contribution in [3.63, 3.8) is 0 Å². The molecule has 0 unspecified atom stereocenters. The van der Waals surface area contributed by atoms with Gasteiger partial charge in [0.1, 0.15) is 9.71 Å². The van der Waals surface area contributed by atoms with Gasteiger partial charge in [0.2, 0.25) is 0 Å². The number of anilines is 1. The minimum absolute atomic E-state index is 0.185. The average molecular weight is 304 g/mol. The van der Waals surface area contributed by atoms with E-state index < -0.39 is 25.0 Å². The molecule has 0 saturated carbocycles. The fourth-order valence-electron chi connectivity index (χ4n) is 1.60. The van der Waals surface area contributed by atoms with Crippen molar-refractivity contribution in [3.8, 4) is 0 Å². The van der Waals surface area contributed by atoms with Gasteiger partial charge in [0.05, 0.1) is 18.3 Å². The highest BCUT2D eigenvalue weighted by atomic mass is 32.1. The molecule has 1 amide bonds. The van der Waals surface area contributed by atoms with E-state index in [0.29, 0.717) is 10.2 Å². The summed E-state index contributed by atoms with van der Waals surface area (Å²) < 4.78 is 36.5. The van der Waals surface area contributed by atoms with Gasteiger partial charge in [0.25, 0.3) is 5.91 Å². The maximum atomic E-state index is 12.2. The van der Waals surface area contributed by atoms with Gasteiger partial charge in [-0.15, -0.1) is 16.4 Å². The van der Waals surface area contributed by atoms with Gasteiger partial charge in [-0.2, -0.15) is 18.3 Å². The maximum Gasteiger partial charge on any atom is 0.390 e. The minimum Gasteiger partial charge on any atom is -0.397 e. The molecule has 0 spiro atoms. The third-order valence-corrected chi connectivity index (χ3v) is 3.79. The summed E-state index contributed by atoms with van der Waals surface area (Å²) in [4.78, 5) is 13.8. The van der Waals surface area contributed by atoms with E-state index in [2.05, 4.69) is 10.2 Å². The second-order valence-electron chi connectivity index (χ2n) is 4.19. The fraction of sp³-hybridized carbons (Fsp3) is 0.364. The highest BCUT2D eigenvalue weighted by Crippen LogP contribution is 2.32. The monoisotopic (exact) mass is 304 g/mol. The molecule has 2 N–H and O–H groups in total. The molecule has 0 saturated heterocycles. The van der Waals surface area contributed by atoms with Gasteiger partial charge >= 0.3 is 6.18 Å². The number of rotatable bonds is 3. The predicted molar refractivity (Wildman–Crippen MR) is 69.5 cm³/mol.